The molecule has 22 heavy (non-hydrogen) atoms. The Morgan fingerprint density at radius 3 is 2.55 bits per heavy atom. The molecule has 120 valence electrons. The average molecular weight is 303 g/mol. The maximum atomic E-state index is 10.2. The molecule has 1 aromatic rings. The number of hydrogen-bond donors (Lipinski definition) is 1. The lowest BCUT2D eigenvalue weighted by Crippen LogP contribution is -2.40. The second-order valence-electron chi connectivity index (χ2n) is 5.89. The van der Waals surface area contributed by atoms with Crippen LogP contribution in [-0.4, -0.2) is 49.0 Å². The number of nitrogens with zero attached hydrogens (tertiary/aromatic N) is 1. The summed E-state index contributed by atoms with van der Waals surface area (Å²) in [6.07, 6.45) is 7.11. The number of para-hydroxylation sites is 2. The Bertz CT molecular complexity index is 489. The van der Waals surface area contributed by atoms with Crippen LogP contribution in [0.5, 0.6) is 11.5 Å². The van der Waals surface area contributed by atoms with Crippen LogP contribution < -0.4 is 9.47 Å². The topological polar surface area (TPSA) is 41.9 Å². The minimum Gasteiger partial charge on any atom is -0.487 e. The number of benzene rings is 1. The first-order valence-electron chi connectivity index (χ1n) is 7.87. The molecular weight excluding hydrogens is 278 g/mol. The first kappa shape index (κ1) is 16.7. The molecule has 0 saturated carbocycles. The van der Waals surface area contributed by atoms with Crippen molar-refractivity contribution >= 4 is 0 Å². The van der Waals surface area contributed by atoms with Crippen molar-refractivity contribution in [3.63, 3.8) is 0 Å². The van der Waals surface area contributed by atoms with Crippen molar-refractivity contribution in [3.05, 3.63) is 24.3 Å². The number of ether oxygens (including phenoxy) is 2. The third-order valence-electron chi connectivity index (χ3n) is 3.94. The Balaban J connectivity index is 1.78. The van der Waals surface area contributed by atoms with Gasteiger partial charge in [0.15, 0.2) is 11.5 Å². The highest BCUT2D eigenvalue weighted by atomic mass is 16.5. The molecule has 1 aliphatic heterocycles. The van der Waals surface area contributed by atoms with E-state index in [0.717, 1.165) is 19.0 Å². The summed E-state index contributed by atoms with van der Waals surface area (Å²) in [5, 5.41) is 10.2. The highest BCUT2D eigenvalue weighted by Crippen LogP contribution is 2.26. The van der Waals surface area contributed by atoms with E-state index in [1.807, 2.05) is 24.3 Å². The minimum atomic E-state index is -0.505. The van der Waals surface area contributed by atoms with E-state index < -0.39 is 6.10 Å². The molecule has 1 fully saturated rings. The fraction of sp³-hybridized carbons (Fsp3) is 0.556. The van der Waals surface area contributed by atoms with Gasteiger partial charge in [0.2, 0.25) is 0 Å². The van der Waals surface area contributed by atoms with Gasteiger partial charge in [0.1, 0.15) is 19.3 Å². The van der Waals surface area contributed by atoms with E-state index in [-0.39, 0.29) is 13.2 Å². The van der Waals surface area contributed by atoms with E-state index in [1.165, 1.54) is 12.8 Å². The smallest absolute Gasteiger partial charge is 0.162 e. The fourth-order valence-electron chi connectivity index (χ4n) is 2.59. The summed E-state index contributed by atoms with van der Waals surface area (Å²) in [6.45, 7) is 5.50. The largest absolute Gasteiger partial charge is 0.487 e. The molecule has 1 unspecified atom stereocenters. The van der Waals surface area contributed by atoms with Gasteiger partial charge in [-0.05, 0) is 44.0 Å². The molecule has 0 aliphatic carbocycles. The number of aliphatic hydroxyl groups is 1. The summed E-state index contributed by atoms with van der Waals surface area (Å²) in [4.78, 5) is 2.30. The summed E-state index contributed by atoms with van der Waals surface area (Å²) in [6, 6.07) is 7.37. The number of hydrogen-bond acceptors (Lipinski definition) is 4. The number of piperidine rings is 1. The lowest BCUT2D eigenvalue weighted by Gasteiger charge is -2.31. The molecular formula is C18H25NO3. The second kappa shape index (κ2) is 8.67. The summed E-state index contributed by atoms with van der Waals surface area (Å²) >= 11 is 0. The van der Waals surface area contributed by atoms with Crippen LogP contribution in [0.2, 0.25) is 0 Å². The molecule has 1 atom stereocenters. The minimum absolute atomic E-state index is 0.203. The standard InChI is InChI=1S/C18H25NO3/c1-3-12-21-17-6-4-5-7-18(17)22-14-16(20)13-19-10-8-15(2)9-11-19/h1,4-7,15-16,20H,8-14H2,2H3. The molecule has 0 aromatic heterocycles. The Kier molecular flexibility index (Phi) is 6.57. The molecule has 1 aliphatic rings. The molecule has 1 saturated heterocycles. The number of aliphatic hydroxyl groups excluding tert-OH is 1. The van der Waals surface area contributed by atoms with E-state index >= 15 is 0 Å². The molecule has 0 spiro atoms. The van der Waals surface area contributed by atoms with Gasteiger partial charge >= 0.3 is 0 Å². The van der Waals surface area contributed by atoms with Gasteiger partial charge in [-0.15, -0.1) is 6.42 Å². The van der Waals surface area contributed by atoms with Crippen molar-refractivity contribution in [1.29, 1.82) is 0 Å². The highest BCUT2D eigenvalue weighted by Gasteiger charge is 2.18. The van der Waals surface area contributed by atoms with Gasteiger partial charge in [0.05, 0.1) is 0 Å². The molecule has 1 N–H and O–H groups in total. The fourth-order valence-corrected chi connectivity index (χ4v) is 2.59. The predicted molar refractivity (Wildman–Crippen MR) is 87.1 cm³/mol. The number of β-amino-alcohol motifs (C(OH)–C–C–N with tert-alkyl or cyclic N) is 1. The van der Waals surface area contributed by atoms with Crippen molar-refractivity contribution in [3.8, 4) is 23.8 Å². The summed E-state index contributed by atoms with van der Waals surface area (Å²) in [5.74, 6) is 4.45. The zero-order chi connectivity index (χ0) is 15.8. The van der Waals surface area contributed by atoms with E-state index in [4.69, 9.17) is 15.9 Å². The third-order valence-corrected chi connectivity index (χ3v) is 3.94. The molecule has 4 nitrogen and oxygen atoms in total. The maximum Gasteiger partial charge on any atom is 0.162 e. The van der Waals surface area contributed by atoms with Crippen molar-refractivity contribution in [2.75, 3.05) is 32.8 Å². The zero-order valence-electron chi connectivity index (χ0n) is 13.2. The van der Waals surface area contributed by atoms with Gasteiger partial charge in [0, 0.05) is 6.54 Å². The maximum absolute atomic E-state index is 10.2. The van der Waals surface area contributed by atoms with Crippen molar-refractivity contribution < 1.29 is 14.6 Å². The van der Waals surface area contributed by atoms with Crippen LogP contribution in [0, 0.1) is 18.3 Å². The summed E-state index contributed by atoms with van der Waals surface area (Å²) in [7, 11) is 0. The molecule has 1 aromatic carbocycles. The summed E-state index contributed by atoms with van der Waals surface area (Å²) < 4.78 is 11.1. The van der Waals surface area contributed by atoms with E-state index in [9.17, 15) is 5.11 Å². The lowest BCUT2D eigenvalue weighted by molar-refractivity contribution is 0.0554. The summed E-state index contributed by atoms with van der Waals surface area (Å²) in [5.41, 5.74) is 0. The van der Waals surface area contributed by atoms with Gasteiger partial charge in [-0.1, -0.05) is 25.0 Å². The quantitative estimate of drug-likeness (QED) is 0.784. The van der Waals surface area contributed by atoms with Gasteiger partial charge in [-0.3, -0.25) is 0 Å². The molecule has 0 bridgehead atoms. The van der Waals surface area contributed by atoms with Gasteiger partial charge in [-0.25, -0.2) is 0 Å². The van der Waals surface area contributed by atoms with Crippen molar-refractivity contribution in [2.24, 2.45) is 5.92 Å². The van der Waals surface area contributed by atoms with Crippen LogP contribution >= 0.6 is 0 Å². The predicted octanol–water partition coefficient (Wildman–Crippen LogP) is 2.17. The third kappa shape index (κ3) is 5.25. The number of terminal acetylenes is 1. The molecule has 1 heterocycles. The van der Waals surface area contributed by atoms with Gasteiger partial charge in [-0.2, -0.15) is 0 Å². The second-order valence-corrected chi connectivity index (χ2v) is 5.89. The first-order chi connectivity index (χ1) is 10.7. The Morgan fingerprint density at radius 2 is 1.91 bits per heavy atom. The Morgan fingerprint density at radius 1 is 1.27 bits per heavy atom. The number of likely N-dealkylation sites (tertiary alicyclic amines) is 1. The monoisotopic (exact) mass is 303 g/mol. The van der Waals surface area contributed by atoms with Crippen molar-refractivity contribution in [1.82, 2.24) is 4.90 Å². The van der Waals surface area contributed by atoms with Crippen LogP contribution in [-0.2, 0) is 0 Å². The van der Waals surface area contributed by atoms with Gasteiger partial charge in [0.25, 0.3) is 0 Å². The highest BCUT2D eigenvalue weighted by molar-refractivity contribution is 5.39. The Hall–Kier alpha value is -1.70. The molecule has 0 amide bonds. The number of rotatable bonds is 7. The van der Waals surface area contributed by atoms with E-state index in [2.05, 4.69) is 17.7 Å². The van der Waals surface area contributed by atoms with E-state index in [0.29, 0.717) is 18.0 Å². The first-order valence-corrected chi connectivity index (χ1v) is 7.87. The molecule has 0 radical (unpaired) electrons. The Labute approximate surface area is 133 Å². The average Bonchev–Trinajstić information content (AvgIpc) is 2.54. The normalized spacial score (nSPS) is 17.7. The van der Waals surface area contributed by atoms with Gasteiger partial charge < -0.3 is 19.5 Å². The van der Waals surface area contributed by atoms with Crippen LogP contribution in [0.15, 0.2) is 24.3 Å². The SMILES string of the molecule is C#CCOc1ccccc1OCC(O)CN1CCC(C)CC1. The lowest BCUT2D eigenvalue weighted by atomic mass is 9.99. The van der Waals surface area contributed by atoms with E-state index in [1.54, 1.807) is 0 Å². The van der Waals surface area contributed by atoms with Crippen LogP contribution in [0.4, 0.5) is 0 Å². The van der Waals surface area contributed by atoms with Crippen molar-refractivity contribution in [2.45, 2.75) is 25.9 Å². The van der Waals surface area contributed by atoms with Crippen LogP contribution in [0.3, 0.4) is 0 Å². The zero-order valence-corrected chi connectivity index (χ0v) is 13.2. The van der Waals surface area contributed by atoms with Crippen LogP contribution in [0.25, 0.3) is 0 Å². The molecule has 4 heteroatoms. The molecule has 2 rings (SSSR count). The van der Waals surface area contributed by atoms with Crippen LogP contribution in [0.1, 0.15) is 19.8 Å².